The maximum Gasteiger partial charge on any atom is 0.343 e. The summed E-state index contributed by atoms with van der Waals surface area (Å²) in [7, 11) is 2.15. The smallest absolute Gasteiger partial charge is 0.343 e. The van der Waals surface area contributed by atoms with Crippen LogP contribution >= 0.6 is 12.8 Å². The number of aromatic nitrogens is 2. The van der Waals surface area contributed by atoms with Crippen LogP contribution in [0, 0.1) is 0 Å². The molecule has 0 saturated carbocycles. The van der Waals surface area contributed by atoms with E-state index in [1.807, 2.05) is 24.3 Å². The minimum atomic E-state index is -0.463. The Labute approximate surface area is 231 Å². The minimum absolute atomic E-state index is 0.00364. The Hall–Kier alpha value is -3.34. The molecule has 3 aromatic rings. The summed E-state index contributed by atoms with van der Waals surface area (Å²) in [5.74, 6) is 0.325. The molecule has 1 fully saturated rings. The van der Waals surface area contributed by atoms with Gasteiger partial charge in [-0.15, -0.1) is 12.8 Å². The average molecular weight is 538 g/mol. The lowest BCUT2D eigenvalue weighted by atomic mass is 9.87. The molecule has 38 heavy (non-hydrogen) atoms. The molecule has 9 nitrogen and oxygen atoms in total. The average Bonchev–Trinajstić information content (AvgIpc) is 2.91. The number of benzene rings is 2. The fourth-order valence-electron chi connectivity index (χ4n) is 4.05. The lowest BCUT2D eigenvalue weighted by Crippen LogP contribution is -2.44. The Morgan fingerprint density at radius 3 is 2.34 bits per heavy atom. The zero-order valence-corrected chi connectivity index (χ0v) is 23.8. The Bertz CT molecular complexity index is 1190. The van der Waals surface area contributed by atoms with Gasteiger partial charge in [-0.25, -0.2) is 9.78 Å². The lowest BCUT2D eigenvalue weighted by Gasteiger charge is -2.34. The zero-order chi connectivity index (χ0) is 27.7. The molecule has 0 spiro atoms. The van der Waals surface area contributed by atoms with Crippen LogP contribution in [-0.4, -0.2) is 60.7 Å². The number of ether oxygens (including phenoxy) is 1. The quantitative estimate of drug-likeness (QED) is 0.245. The third kappa shape index (κ3) is 7.83. The molecule has 10 heteroatoms. The van der Waals surface area contributed by atoms with Gasteiger partial charge in [0, 0.05) is 49.4 Å². The molecule has 0 unspecified atom stereocenters. The number of rotatable bonds is 7. The summed E-state index contributed by atoms with van der Waals surface area (Å²) in [6.45, 7) is 12.7. The van der Waals surface area contributed by atoms with Crippen LogP contribution in [0.1, 0.15) is 43.6 Å². The van der Waals surface area contributed by atoms with E-state index >= 15 is 0 Å². The third-order valence-corrected chi connectivity index (χ3v) is 6.27. The predicted octanol–water partition coefficient (Wildman–Crippen LogP) is 4.98. The first kappa shape index (κ1) is 29.2. The van der Waals surface area contributed by atoms with Crippen molar-refractivity contribution in [2.45, 2.75) is 33.1 Å². The molecule has 2 aromatic carbocycles. The van der Waals surface area contributed by atoms with Gasteiger partial charge in [-0.05, 0) is 61.3 Å². The van der Waals surface area contributed by atoms with E-state index in [0.717, 1.165) is 37.6 Å². The molecule has 0 atom stereocenters. The number of nitrogens with two attached hydrogens (primary N) is 1. The van der Waals surface area contributed by atoms with Crippen molar-refractivity contribution >= 4 is 47.6 Å². The first-order valence-electron chi connectivity index (χ1n) is 12.7. The number of thiol groups is 1. The molecule has 1 aromatic heterocycles. The monoisotopic (exact) mass is 537 g/mol. The Morgan fingerprint density at radius 2 is 1.71 bits per heavy atom. The van der Waals surface area contributed by atoms with Crippen LogP contribution in [0.25, 0.3) is 0 Å². The number of piperazine rings is 1. The molecule has 1 aliphatic heterocycles. The van der Waals surface area contributed by atoms with Gasteiger partial charge in [0.15, 0.2) is 5.82 Å². The third-order valence-electron chi connectivity index (χ3n) is 6.27. The minimum Gasteiger partial charge on any atom is -0.462 e. The van der Waals surface area contributed by atoms with Gasteiger partial charge in [-0.3, -0.25) is 5.14 Å². The number of carbonyl (C=O) groups excluding carboxylic acids is 1. The number of nitrogens with zero attached hydrogens (tertiary/aromatic N) is 4. The summed E-state index contributed by atoms with van der Waals surface area (Å²) in [5.41, 5.74) is 4.38. The van der Waals surface area contributed by atoms with E-state index < -0.39 is 5.97 Å². The van der Waals surface area contributed by atoms with E-state index in [4.69, 9.17) is 4.74 Å². The largest absolute Gasteiger partial charge is 0.462 e. The molecule has 0 amide bonds. The standard InChI is InChI=1S/C28H36N6O2.H3NS/c1-6-36-26(35)24-19-29-27(32-25(24)30-22-9-7-8-20(18-22)28(2,3)4)31-21-10-12-23(13-11-21)34-16-14-33(5)15-17-34;1-2/h7-13,18-19H,6,14-17H2,1-5H3,(H2,29,30,31,32);2H,1H2. The molecule has 0 aliphatic carbocycles. The summed E-state index contributed by atoms with van der Waals surface area (Å²) < 4.78 is 5.23. The normalized spacial score (nSPS) is 13.8. The van der Waals surface area contributed by atoms with Crippen LogP contribution in [0.4, 0.5) is 28.8 Å². The highest BCUT2D eigenvalue weighted by Gasteiger charge is 2.19. The van der Waals surface area contributed by atoms with Crippen LogP contribution in [0.3, 0.4) is 0 Å². The molecule has 0 bridgehead atoms. The maximum atomic E-state index is 12.6. The van der Waals surface area contributed by atoms with Crippen LogP contribution in [0.2, 0.25) is 0 Å². The second kappa shape index (κ2) is 13.5. The number of nitrogens with one attached hydrogen (secondary N) is 2. The summed E-state index contributed by atoms with van der Waals surface area (Å²) in [5, 5.41) is 10.8. The summed E-state index contributed by atoms with van der Waals surface area (Å²) >= 11 is 3.03. The highest BCUT2D eigenvalue weighted by atomic mass is 32.1. The topological polar surface area (TPSA) is 109 Å². The summed E-state index contributed by atoms with van der Waals surface area (Å²) in [4.78, 5) is 26.3. The molecule has 0 radical (unpaired) electrons. The zero-order valence-electron chi connectivity index (χ0n) is 22.9. The number of carbonyl (C=O) groups is 1. The van der Waals surface area contributed by atoms with E-state index in [1.54, 1.807) is 6.92 Å². The molecule has 1 aliphatic rings. The van der Waals surface area contributed by atoms with Gasteiger partial charge in [0.05, 0.1) is 6.61 Å². The highest BCUT2D eigenvalue weighted by Crippen LogP contribution is 2.28. The van der Waals surface area contributed by atoms with Crippen LogP contribution in [0.15, 0.2) is 54.7 Å². The van der Waals surface area contributed by atoms with Crippen molar-refractivity contribution < 1.29 is 9.53 Å². The van der Waals surface area contributed by atoms with E-state index in [1.165, 1.54) is 17.4 Å². The first-order valence-corrected chi connectivity index (χ1v) is 13.2. The number of hydrogen-bond acceptors (Lipinski definition) is 10. The summed E-state index contributed by atoms with van der Waals surface area (Å²) in [6, 6.07) is 16.4. The Balaban J connectivity index is 0.00000195. The van der Waals surface area contributed by atoms with Crippen LogP contribution < -0.4 is 20.7 Å². The van der Waals surface area contributed by atoms with Crippen molar-refractivity contribution in [3.63, 3.8) is 0 Å². The molecular formula is C28H39N7O2S. The van der Waals surface area contributed by atoms with Gasteiger partial charge >= 0.3 is 5.97 Å². The van der Waals surface area contributed by atoms with Crippen molar-refractivity contribution in [3.8, 4) is 0 Å². The van der Waals surface area contributed by atoms with Crippen molar-refractivity contribution in [1.82, 2.24) is 14.9 Å². The van der Waals surface area contributed by atoms with Gasteiger partial charge in [0.1, 0.15) is 5.56 Å². The SMILES string of the molecule is CCOC(=O)c1cnc(Nc2ccc(N3CCN(C)CC3)cc2)nc1Nc1cccc(C(C)(C)C)c1.NS. The number of hydrogen-bond donors (Lipinski definition) is 4. The second-order valence-corrected chi connectivity index (χ2v) is 10.1. The van der Waals surface area contributed by atoms with E-state index in [2.05, 4.69) is 100 Å². The van der Waals surface area contributed by atoms with E-state index in [0.29, 0.717) is 11.8 Å². The fourth-order valence-corrected chi connectivity index (χ4v) is 4.05. The molecule has 4 N–H and O–H groups in total. The van der Waals surface area contributed by atoms with Gasteiger partial charge in [0.25, 0.3) is 0 Å². The van der Waals surface area contributed by atoms with Gasteiger partial charge in [0.2, 0.25) is 5.95 Å². The Morgan fingerprint density at radius 1 is 1.03 bits per heavy atom. The Kier molecular flexibility index (Phi) is 10.3. The molecule has 2 heterocycles. The number of esters is 1. The number of anilines is 5. The molecule has 1 saturated heterocycles. The predicted molar refractivity (Wildman–Crippen MR) is 159 cm³/mol. The van der Waals surface area contributed by atoms with Crippen molar-refractivity contribution in [3.05, 3.63) is 65.9 Å². The van der Waals surface area contributed by atoms with Gasteiger partial charge in [-0.2, -0.15) is 4.98 Å². The van der Waals surface area contributed by atoms with Crippen LogP contribution in [-0.2, 0) is 10.2 Å². The van der Waals surface area contributed by atoms with E-state index in [-0.39, 0.29) is 17.6 Å². The maximum absolute atomic E-state index is 12.6. The highest BCUT2D eigenvalue weighted by molar-refractivity contribution is 7.77. The molecule has 4 rings (SSSR count). The number of likely N-dealkylation sites (N-methyl/N-ethyl adjacent to an activating group) is 1. The van der Waals surface area contributed by atoms with Crippen LogP contribution in [0.5, 0.6) is 0 Å². The van der Waals surface area contributed by atoms with Crippen molar-refractivity contribution in [1.29, 1.82) is 0 Å². The fraction of sp³-hybridized carbons (Fsp3) is 0.393. The van der Waals surface area contributed by atoms with Gasteiger partial charge in [-0.1, -0.05) is 32.9 Å². The van der Waals surface area contributed by atoms with Crippen molar-refractivity contribution in [2.75, 3.05) is 55.4 Å². The molecular weight excluding hydrogens is 498 g/mol. The van der Waals surface area contributed by atoms with Crippen molar-refractivity contribution in [2.24, 2.45) is 5.14 Å². The van der Waals surface area contributed by atoms with Gasteiger partial charge < -0.3 is 25.2 Å². The first-order chi connectivity index (χ1) is 18.2. The lowest BCUT2D eigenvalue weighted by molar-refractivity contribution is 0.0526. The van der Waals surface area contributed by atoms with E-state index in [9.17, 15) is 4.79 Å². The molecule has 204 valence electrons. The summed E-state index contributed by atoms with van der Waals surface area (Å²) in [6.07, 6.45) is 1.50. The second-order valence-electron chi connectivity index (χ2n) is 10.1.